The second-order valence-electron chi connectivity index (χ2n) is 11.3. The number of amides is 1. The van der Waals surface area contributed by atoms with Crippen LogP contribution in [0, 0.1) is 11.6 Å². The number of piperidine rings is 1. The van der Waals surface area contributed by atoms with Crippen LogP contribution in [0.3, 0.4) is 0 Å². The van der Waals surface area contributed by atoms with Crippen LogP contribution in [-0.4, -0.2) is 60.4 Å². The number of fused-ring (bicyclic) bond motifs is 1. The maximum Gasteiger partial charge on any atom is 0.258 e. The summed E-state index contributed by atoms with van der Waals surface area (Å²) in [5.74, 6) is -0.582. The van der Waals surface area contributed by atoms with Crippen LogP contribution in [0.4, 0.5) is 20.3 Å². The quantitative estimate of drug-likeness (QED) is 0.256. The predicted octanol–water partition coefficient (Wildman–Crippen LogP) is 6.08. The number of carbonyl (C=O) groups is 1. The number of likely N-dealkylation sites (tertiary alicyclic amines) is 1. The molecule has 6 rings (SSSR count). The molecule has 2 aliphatic heterocycles. The van der Waals surface area contributed by atoms with Gasteiger partial charge < -0.3 is 20.3 Å². The third-order valence-electron chi connectivity index (χ3n) is 8.25. The van der Waals surface area contributed by atoms with E-state index in [4.69, 9.17) is 4.74 Å². The number of rotatable bonds is 7. The smallest absolute Gasteiger partial charge is 0.258 e. The fraction of sp³-hybridized carbons (Fsp3) is 0.375. The number of nitrogens with one attached hydrogen (secondary N) is 3. The van der Waals surface area contributed by atoms with Gasteiger partial charge in [-0.05, 0) is 111 Å². The van der Waals surface area contributed by atoms with Gasteiger partial charge in [-0.2, -0.15) is 5.10 Å². The van der Waals surface area contributed by atoms with E-state index >= 15 is 0 Å². The number of anilines is 2. The molecule has 3 heterocycles. The lowest BCUT2D eigenvalue weighted by molar-refractivity contribution is 0.0904. The van der Waals surface area contributed by atoms with Gasteiger partial charge in [-0.1, -0.05) is 12.1 Å². The summed E-state index contributed by atoms with van der Waals surface area (Å²) in [7, 11) is 2.16. The van der Waals surface area contributed by atoms with Crippen LogP contribution in [0.5, 0.6) is 0 Å². The largest absolute Gasteiger partial charge is 0.381 e. The predicted molar refractivity (Wildman–Crippen MR) is 157 cm³/mol. The minimum atomic E-state index is -0.607. The average molecular weight is 560 g/mol. The number of halogens is 2. The Morgan fingerprint density at radius 2 is 1.73 bits per heavy atom. The van der Waals surface area contributed by atoms with Crippen LogP contribution < -0.4 is 10.6 Å². The molecule has 41 heavy (non-hydrogen) atoms. The van der Waals surface area contributed by atoms with Crippen molar-refractivity contribution < 1.29 is 18.3 Å². The Labute approximate surface area is 238 Å². The maximum atomic E-state index is 13.7. The van der Waals surface area contributed by atoms with Gasteiger partial charge in [-0.15, -0.1) is 0 Å². The lowest BCUT2D eigenvalue weighted by atomic mass is 9.88. The van der Waals surface area contributed by atoms with Crippen molar-refractivity contribution in [2.24, 2.45) is 0 Å². The van der Waals surface area contributed by atoms with Gasteiger partial charge in [0, 0.05) is 36.4 Å². The minimum absolute atomic E-state index is 0.240. The second kappa shape index (κ2) is 12.0. The summed E-state index contributed by atoms with van der Waals surface area (Å²) in [6, 6.07) is 15.5. The molecule has 2 aliphatic rings. The van der Waals surface area contributed by atoms with Crippen LogP contribution in [0.25, 0.3) is 10.9 Å². The first kappa shape index (κ1) is 27.4. The van der Waals surface area contributed by atoms with Crippen molar-refractivity contribution in [3.8, 4) is 0 Å². The number of nitrogens with zero attached hydrogens (tertiary/aromatic N) is 2. The molecule has 1 amide bonds. The number of aromatic amines is 1. The maximum absolute atomic E-state index is 13.7. The van der Waals surface area contributed by atoms with Crippen molar-refractivity contribution in [1.29, 1.82) is 0 Å². The van der Waals surface area contributed by atoms with Gasteiger partial charge in [0.15, 0.2) is 5.82 Å². The van der Waals surface area contributed by atoms with Crippen molar-refractivity contribution in [2.45, 2.75) is 44.1 Å². The van der Waals surface area contributed by atoms with E-state index in [0.717, 1.165) is 67.0 Å². The molecular formula is C32H35F2N5O2. The molecule has 0 saturated carbocycles. The van der Waals surface area contributed by atoms with Crippen LogP contribution >= 0.6 is 0 Å². The molecule has 4 aromatic rings. The topological polar surface area (TPSA) is 82.3 Å². The first-order valence-electron chi connectivity index (χ1n) is 14.3. The molecule has 9 heteroatoms. The molecule has 2 fully saturated rings. The number of hydrogen-bond donors (Lipinski definition) is 3. The minimum Gasteiger partial charge on any atom is -0.381 e. The molecule has 0 radical (unpaired) electrons. The molecule has 3 aromatic carbocycles. The highest BCUT2D eigenvalue weighted by atomic mass is 19.1. The summed E-state index contributed by atoms with van der Waals surface area (Å²) >= 11 is 0. The Bertz CT molecular complexity index is 1520. The monoisotopic (exact) mass is 559 g/mol. The van der Waals surface area contributed by atoms with E-state index < -0.39 is 11.6 Å². The lowest BCUT2D eigenvalue weighted by Crippen LogP contribution is -2.30. The molecule has 0 atom stereocenters. The van der Waals surface area contributed by atoms with E-state index in [1.165, 1.54) is 17.7 Å². The fourth-order valence-electron chi connectivity index (χ4n) is 5.93. The summed E-state index contributed by atoms with van der Waals surface area (Å²) in [5.41, 5.74) is 4.80. The van der Waals surface area contributed by atoms with E-state index in [-0.39, 0.29) is 11.9 Å². The Balaban J connectivity index is 1.25. The molecule has 7 nitrogen and oxygen atoms in total. The van der Waals surface area contributed by atoms with E-state index in [1.807, 2.05) is 24.3 Å². The zero-order valence-corrected chi connectivity index (χ0v) is 23.2. The van der Waals surface area contributed by atoms with E-state index in [1.54, 1.807) is 0 Å². The number of benzene rings is 3. The first-order valence-corrected chi connectivity index (χ1v) is 14.3. The second-order valence-corrected chi connectivity index (χ2v) is 11.3. The van der Waals surface area contributed by atoms with Gasteiger partial charge in [-0.25, -0.2) is 8.78 Å². The van der Waals surface area contributed by atoms with Crippen molar-refractivity contribution in [2.75, 3.05) is 44.0 Å². The molecule has 0 aliphatic carbocycles. The van der Waals surface area contributed by atoms with Gasteiger partial charge in [-0.3, -0.25) is 9.89 Å². The molecule has 0 spiro atoms. The molecular weight excluding hydrogens is 524 g/mol. The fourth-order valence-corrected chi connectivity index (χ4v) is 5.93. The molecule has 1 aromatic heterocycles. The molecule has 2 saturated heterocycles. The standard InChI is InChI=1S/C32H35F2N5O2/c1-39-10-6-22(7-11-39)23-3-4-27(30(18-23)35-26-8-12-41-13-9-26)32(40)36-31-28-17-20(2-5-29(28)37-38-31)14-21-15-24(33)19-25(34)16-21/h2-5,15-19,22,26,35H,6-14H2,1H3,(H2,36,37,38,40). The molecule has 3 N–H and O–H groups in total. The van der Waals surface area contributed by atoms with Crippen LogP contribution in [0.1, 0.15) is 58.6 Å². The Kier molecular flexibility index (Phi) is 7.98. The Morgan fingerprint density at radius 3 is 2.49 bits per heavy atom. The molecule has 214 valence electrons. The number of carbonyl (C=O) groups excluding carboxylic acids is 1. The normalized spacial score (nSPS) is 17.1. The SMILES string of the molecule is CN1CCC(c2ccc(C(=O)Nc3n[nH]c4ccc(Cc5cc(F)cc(F)c5)cc34)c(NC3CCOCC3)c2)CC1. The van der Waals surface area contributed by atoms with E-state index in [9.17, 15) is 13.6 Å². The summed E-state index contributed by atoms with van der Waals surface area (Å²) < 4.78 is 33.0. The van der Waals surface area contributed by atoms with Crippen LogP contribution in [-0.2, 0) is 11.2 Å². The van der Waals surface area contributed by atoms with Crippen LogP contribution in [0.15, 0.2) is 54.6 Å². The zero-order valence-electron chi connectivity index (χ0n) is 23.2. The number of aromatic nitrogens is 2. The summed E-state index contributed by atoms with van der Waals surface area (Å²) in [6.07, 6.45) is 4.33. The highest BCUT2D eigenvalue weighted by molar-refractivity contribution is 6.10. The highest BCUT2D eigenvalue weighted by Gasteiger charge is 2.23. The average Bonchev–Trinajstić information content (AvgIpc) is 3.35. The van der Waals surface area contributed by atoms with E-state index in [2.05, 4.69) is 44.9 Å². The lowest BCUT2D eigenvalue weighted by Gasteiger charge is -2.30. The summed E-state index contributed by atoms with van der Waals surface area (Å²) in [6.45, 7) is 3.55. The Hall–Kier alpha value is -3.82. The van der Waals surface area contributed by atoms with Gasteiger partial charge in [0.1, 0.15) is 11.6 Å². The third kappa shape index (κ3) is 6.41. The van der Waals surface area contributed by atoms with Crippen molar-refractivity contribution in [1.82, 2.24) is 15.1 Å². The first-order chi connectivity index (χ1) is 19.9. The number of hydrogen-bond acceptors (Lipinski definition) is 5. The van der Waals surface area contributed by atoms with Gasteiger partial charge in [0.2, 0.25) is 0 Å². The number of H-pyrrole nitrogens is 1. The van der Waals surface area contributed by atoms with Gasteiger partial charge >= 0.3 is 0 Å². The summed E-state index contributed by atoms with van der Waals surface area (Å²) in [4.78, 5) is 16.0. The molecule has 0 bridgehead atoms. The van der Waals surface area contributed by atoms with Crippen molar-refractivity contribution in [3.63, 3.8) is 0 Å². The van der Waals surface area contributed by atoms with Crippen molar-refractivity contribution >= 4 is 28.3 Å². The highest BCUT2D eigenvalue weighted by Crippen LogP contribution is 2.32. The van der Waals surface area contributed by atoms with Gasteiger partial charge in [0.05, 0.1) is 11.1 Å². The molecule has 0 unspecified atom stereocenters. The van der Waals surface area contributed by atoms with Crippen molar-refractivity contribution in [3.05, 3.63) is 88.5 Å². The van der Waals surface area contributed by atoms with Gasteiger partial charge in [0.25, 0.3) is 5.91 Å². The Morgan fingerprint density at radius 1 is 0.976 bits per heavy atom. The zero-order chi connectivity index (χ0) is 28.3. The van der Waals surface area contributed by atoms with Crippen LogP contribution in [0.2, 0.25) is 0 Å². The summed E-state index contributed by atoms with van der Waals surface area (Å²) in [5, 5.41) is 14.7. The van der Waals surface area contributed by atoms with E-state index in [0.29, 0.717) is 42.5 Å². The number of ether oxygens (including phenoxy) is 1. The third-order valence-corrected chi connectivity index (χ3v) is 8.25.